The molecule has 1 N–H and O–H groups in total. The Morgan fingerprint density at radius 3 is 2.87 bits per heavy atom. The molecule has 118 valence electrons. The molecular weight excluding hydrogens is 314 g/mol. The van der Waals surface area contributed by atoms with Crippen LogP contribution in [0.25, 0.3) is 17.1 Å². The van der Waals surface area contributed by atoms with Crippen LogP contribution in [0, 0.1) is 0 Å². The average Bonchev–Trinajstić information content (AvgIpc) is 3.21. The van der Waals surface area contributed by atoms with Gasteiger partial charge >= 0.3 is 0 Å². The van der Waals surface area contributed by atoms with E-state index in [-0.39, 0.29) is 5.91 Å². The van der Waals surface area contributed by atoms with Crippen LogP contribution in [0.2, 0.25) is 5.02 Å². The Kier molecular flexibility index (Phi) is 4.48. The van der Waals surface area contributed by atoms with Crippen molar-refractivity contribution in [3.05, 3.63) is 59.4 Å². The SMILES string of the molecule is CCCNC(=O)c1cc(-c2ccco2)n(-c2cccc(Cl)c2)n1. The Morgan fingerprint density at radius 1 is 1.30 bits per heavy atom. The predicted molar refractivity (Wildman–Crippen MR) is 88.9 cm³/mol. The summed E-state index contributed by atoms with van der Waals surface area (Å²) in [4.78, 5) is 12.2. The topological polar surface area (TPSA) is 60.1 Å². The number of nitrogens with zero attached hydrogens (tertiary/aromatic N) is 2. The molecule has 0 aliphatic carbocycles. The van der Waals surface area contributed by atoms with Crippen molar-refractivity contribution in [2.45, 2.75) is 13.3 Å². The van der Waals surface area contributed by atoms with E-state index in [0.29, 0.717) is 28.7 Å². The molecular formula is C17H16ClN3O2. The summed E-state index contributed by atoms with van der Waals surface area (Å²) in [5.41, 5.74) is 1.79. The fourth-order valence-electron chi connectivity index (χ4n) is 2.23. The Hall–Kier alpha value is -2.53. The van der Waals surface area contributed by atoms with Gasteiger partial charge in [-0.15, -0.1) is 0 Å². The lowest BCUT2D eigenvalue weighted by Crippen LogP contribution is -2.24. The van der Waals surface area contributed by atoms with Crippen LogP contribution in [0.15, 0.2) is 53.1 Å². The summed E-state index contributed by atoms with van der Waals surface area (Å²) < 4.78 is 7.12. The second kappa shape index (κ2) is 6.71. The van der Waals surface area contributed by atoms with Crippen molar-refractivity contribution in [1.82, 2.24) is 15.1 Å². The first-order chi connectivity index (χ1) is 11.2. The molecule has 0 unspecified atom stereocenters. The van der Waals surface area contributed by atoms with Crippen LogP contribution in [0.1, 0.15) is 23.8 Å². The molecule has 0 saturated heterocycles. The van der Waals surface area contributed by atoms with Crippen LogP contribution in [-0.4, -0.2) is 22.2 Å². The number of amides is 1. The number of aromatic nitrogens is 2. The highest BCUT2D eigenvalue weighted by molar-refractivity contribution is 6.30. The fraction of sp³-hybridized carbons (Fsp3) is 0.176. The summed E-state index contributed by atoms with van der Waals surface area (Å²) in [6, 6.07) is 12.6. The largest absolute Gasteiger partial charge is 0.463 e. The summed E-state index contributed by atoms with van der Waals surface area (Å²) in [5.74, 6) is 0.424. The van der Waals surface area contributed by atoms with Gasteiger partial charge in [-0.25, -0.2) is 4.68 Å². The molecule has 0 fully saturated rings. The van der Waals surface area contributed by atoms with Gasteiger partial charge in [-0.3, -0.25) is 4.79 Å². The van der Waals surface area contributed by atoms with Gasteiger partial charge < -0.3 is 9.73 Å². The summed E-state index contributed by atoms with van der Waals surface area (Å²) in [6.07, 6.45) is 2.45. The maximum Gasteiger partial charge on any atom is 0.271 e. The molecule has 0 saturated carbocycles. The number of hydrogen-bond donors (Lipinski definition) is 1. The van der Waals surface area contributed by atoms with E-state index in [2.05, 4.69) is 10.4 Å². The standard InChI is InChI=1S/C17H16ClN3O2/c1-2-8-19-17(22)14-11-15(16-7-4-9-23-16)21(20-14)13-6-3-5-12(18)10-13/h3-7,9-11H,2,8H2,1H3,(H,19,22). The van der Waals surface area contributed by atoms with Gasteiger partial charge in [-0.05, 0) is 36.8 Å². The maximum absolute atomic E-state index is 12.2. The second-order valence-corrected chi connectivity index (χ2v) is 5.48. The highest BCUT2D eigenvalue weighted by Gasteiger charge is 2.18. The number of halogens is 1. The number of rotatable bonds is 5. The molecule has 0 atom stereocenters. The maximum atomic E-state index is 12.2. The van der Waals surface area contributed by atoms with Gasteiger partial charge in [0.1, 0.15) is 5.69 Å². The van der Waals surface area contributed by atoms with Crippen LogP contribution < -0.4 is 5.32 Å². The first-order valence-corrected chi connectivity index (χ1v) is 7.75. The van der Waals surface area contributed by atoms with Gasteiger partial charge in [0.2, 0.25) is 0 Å². The minimum Gasteiger partial charge on any atom is -0.463 e. The van der Waals surface area contributed by atoms with Gasteiger partial charge in [-0.1, -0.05) is 24.6 Å². The van der Waals surface area contributed by atoms with Crippen molar-refractivity contribution in [3.63, 3.8) is 0 Å². The smallest absolute Gasteiger partial charge is 0.271 e. The first kappa shape index (κ1) is 15.4. The lowest BCUT2D eigenvalue weighted by atomic mass is 10.2. The molecule has 0 bridgehead atoms. The van der Waals surface area contributed by atoms with Crippen molar-refractivity contribution in [2.24, 2.45) is 0 Å². The minimum absolute atomic E-state index is 0.208. The average molecular weight is 330 g/mol. The third-order valence-corrected chi connectivity index (χ3v) is 3.54. The zero-order chi connectivity index (χ0) is 16.2. The number of nitrogens with one attached hydrogen (secondary N) is 1. The molecule has 2 aromatic heterocycles. The van der Waals surface area contributed by atoms with Crippen LogP contribution in [0.3, 0.4) is 0 Å². The number of carbonyl (C=O) groups is 1. The van der Waals surface area contributed by atoms with Crippen molar-refractivity contribution in [2.75, 3.05) is 6.54 Å². The third kappa shape index (κ3) is 3.29. The number of carbonyl (C=O) groups excluding carboxylic acids is 1. The monoisotopic (exact) mass is 329 g/mol. The van der Waals surface area contributed by atoms with Crippen molar-refractivity contribution >= 4 is 17.5 Å². The van der Waals surface area contributed by atoms with E-state index in [1.165, 1.54) is 0 Å². The van der Waals surface area contributed by atoms with Crippen molar-refractivity contribution < 1.29 is 9.21 Å². The van der Waals surface area contributed by atoms with E-state index in [1.54, 1.807) is 35.2 Å². The molecule has 6 heteroatoms. The van der Waals surface area contributed by atoms with Crippen molar-refractivity contribution in [1.29, 1.82) is 0 Å². The minimum atomic E-state index is -0.208. The summed E-state index contributed by atoms with van der Waals surface area (Å²) >= 11 is 6.07. The molecule has 0 radical (unpaired) electrons. The number of furan rings is 1. The fourth-order valence-corrected chi connectivity index (χ4v) is 2.41. The zero-order valence-corrected chi connectivity index (χ0v) is 13.4. The quantitative estimate of drug-likeness (QED) is 0.771. The Bertz CT molecular complexity index is 809. The molecule has 5 nitrogen and oxygen atoms in total. The van der Waals surface area contributed by atoms with Gasteiger partial charge in [0.15, 0.2) is 11.5 Å². The molecule has 2 heterocycles. The Labute approximate surface area is 138 Å². The highest BCUT2D eigenvalue weighted by Crippen LogP contribution is 2.25. The molecule has 0 aliphatic heterocycles. The van der Waals surface area contributed by atoms with Crippen LogP contribution in [0.4, 0.5) is 0 Å². The second-order valence-electron chi connectivity index (χ2n) is 5.04. The van der Waals surface area contributed by atoms with Gasteiger partial charge in [0.05, 0.1) is 12.0 Å². The van der Waals surface area contributed by atoms with E-state index in [0.717, 1.165) is 12.1 Å². The summed E-state index contributed by atoms with van der Waals surface area (Å²) in [5, 5.41) is 7.84. The number of hydrogen-bond acceptors (Lipinski definition) is 3. The van der Waals surface area contributed by atoms with Gasteiger partial charge in [0.25, 0.3) is 5.91 Å². The van der Waals surface area contributed by atoms with E-state index >= 15 is 0 Å². The third-order valence-electron chi connectivity index (χ3n) is 3.30. The highest BCUT2D eigenvalue weighted by atomic mass is 35.5. The lowest BCUT2D eigenvalue weighted by molar-refractivity contribution is 0.0948. The normalized spacial score (nSPS) is 10.7. The van der Waals surface area contributed by atoms with Crippen LogP contribution in [0.5, 0.6) is 0 Å². The van der Waals surface area contributed by atoms with Crippen LogP contribution >= 0.6 is 11.6 Å². The molecule has 1 amide bonds. The molecule has 0 spiro atoms. The van der Waals surface area contributed by atoms with Gasteiger partial charge in [-0.2, -0.15) is 5.10 Å². The van der Waals surface area contributed by atoms with E-state index in [9.17, 15) is 4.79 Å². The molecule has 1 aromatic carbocycles. The lowest BCUT2D eigenvalue weighted by Gasteiger charge is -2.05. The Morgan fingerprint density at radius 2 is 2.17 bits per heavy atom. The predicted octanol–water partition coefficient (Wildman–Crippen LogP) is 3.93. The van der Waals surface area contributed by atoms with E-state index < -0.39 is 0 Å². The van der Waals surface area contributed by atoms with E-state index in [4.69, 9.17) is 16.0 Å². The first-order valence-electron chi connectivity index (χ1n) is 7.37. The summed E-state index contributed by atoms with van der Waals surface area (Å²) in [6.45, 7) is 2.61. The van der Waals surface area contributed by atoms with Crippen LogP contribution in [-0.2, 0) is 0 Å². The zero-order valence-electron chi connectivity index (χ0n) is 12.6. The molecule has 3 rings (SSSR count). The van der Waals surface area contributed by atoms with Gasteiger partial charge in [0, 0.05) is 17.6 Å². The Balaban J connectivity index is 2.06. The van der Waals surface area contributed by atoms with Crippen molar-refractivity contribution in [3.8, 4) is 17.1 Å². The number of benzene rings is 1. The molecule has 23 heavy (non-hydrogen) atoms. The summed E-state index contributed by atoms with van der Waals surface area (Å²) in [7, 11) is 0. The molecule has 3 aromatic rings. The van der Waals surface area contributed by atoms with E-state index in [1.807, 2.05) is 25.1 Å². The molecule has 0 aliphatic rings.